The van der Waals surface area contributed by atoms with Gasteiger partial charge in [0.15, 0.2) is 6.23 Å². The number of aromatic nitrogens is 1. The first-order valence-electron chi connectivity index (χ1n) is 14.1. The summed E-state index contributed by atoms with van der Waals surface area (Å²) in [4.78, 5) is 32.2. The molecule has 15 heteroatoms. The second-order valence-corrected chi connectivity index (χ2v) is 11.2. The number of carbonyl (C=O) groups excluding carboxylic acids is 2. The molecule has 8 nitrogen and oxygen atoms in total. The molecule has 0 saturated carbocycles. The maximum absolute atomic E-state index is 13.7. The van der Waals surface area contributed by atoms with Gasteiger partial charge in [0.1, 0.15) is 12.2 Å². The molecule has 1 amide bonds. The Morgan fingerprint density at radius 2 is 1.49 bits per heavy atom. The van der Waals surface area contributed by atoms with E-state index in [4.69, 9.17) is 16.3 Å². The number of nitrogens with zero attached hydrogens (tertiary/aromatic N) is 5. The maximum Gasteiger partial charge on any atom is 0.491 e. The van der Waals surface area contributed by atoms with E-state index in [0.29, 0.717) is 42.5 Å². The van der Waals surface area contributed by atoms with Gasteiger partial charge >= 0.3 is 18.3 Å². The summed E-state index contributed by atoms with van der Waals surface area (Å²) in [6.07, 6.45) is -10.5. The third-order valence-electron chi connectivity index (χ3n) is 7.69. The molecule has 3 heterocycles. The summed E-state index contributed by atoms with van der Waals surface area (Å²) in [5, 5.41) is 0.613. The number of hydrogen-bond acceptors (Lipinski definition) is 6. The summed E-state index contributed by atoms with van der Waals surface area (Å²) < 4.78 is 85.7. The van der Waals surface area contributed by atoms with Crippen LogP contribution in [0.5, 0.6) is 0 Å². The van der Waals surface area contributed by atoms with Crippen LogP contribution in [0.3, 0.4) is 0 Å². The zero-order valence-corrected chi connectivity index (χ0v) is 24.7. The highest BCUT2D eigenvalue weighted by Gasteiger charge is 2.45. The lowest BCUT2D eigenvalue weighted by molar-refractivity contribution is -0.211. The molecule has 2 aliphatic heterocycles. The number of halogens is 7. The molecular weight excluding hydrogens is 628 g/mol. The van der Waals surface area contributed by atoms with Crippen molar-refractivity contribution in [2.24, 2.45) is 0 Å². The summed E-state index contributed by atoms with van der Waals surface area (Å²) in [5.41, 5.74) is 1.57. The van der Waals surface area contributed by atoms with Crippen LogP contribution >= 0.6 is 11.6 Å². The molecule has 1 atom stereocenters. The average molecular weight is 658 g/mol. The number of piperazine rings is 2. The molecule has 0 N–H and O–H groups in total. The first-order chi connectivity index (χ1) is 21.3. The summed E-state index contributed by atoms with van der Waals surface area (Å²) in [6.45, 7) is 0.818. The molecule has 45 heavy (non-hydrogen) atoms. The van der Waals surface area contributed by atoms with Gasteiger partial charge in [0.05, 0.1) is 17.3 Å². The summed E-state index contributed by atoms with van der Waals surface area (Å²) in [5.74, 6) is -3.47. The standard InChI is InChI=1S/C30H30ClF6N5O3/c31-23-8-4-5-9-24(23)39-12-10-38(11-13-39)17-21-16-25(41(18-21)20-29(32,33)34)27(43)42-15-14-40(22-6-2-1-3-7-22)19-26(42)45-28(44)30(35,36)37/h1-9,16,18,26H,10-15,17,19-20H2. The van der Waals surface area contributed by atoms with Crippen molar-refractivity contribution < 1.29 is 40.7 Å². The highest BCUT2D eigenvalue weighted by molar-refractivity contribution is 6.33. The zero-order valence-electron chi connectivity index (χ0n) is 23.9. The molecule has 0 aliphatic carbocycles. The minimum Gasteiger partial charge on any atom is -0.433 e. The topological polar surface area (TPSA) is 61.3 Å². The normalized spacial score (nSPS) is 18.3. The van der Waals surface area contributed by atoms with Gasteiger partial charge in [-0.25, -0.2) is 4.79 Å². The van der Waals surface area contributed by atoms with Gasteiger partial charge in [0, 0.05) is 57.7 Å². The third-order valence-corrected chi connectivity index (χ3v) is 8.00. The molecule has 0 bridgehead atoms. The van der Waals surface area contributed by atoms with Crippen LogP contribution < -0.4 is 9.80 Å². The predicted molar refractivity (Wildman–Crippen MR) is 155 cm³/mol. The van der Waals surface area contributed by atoms with E-state index in [0.717, 1.165) is 15.2 Å². The molecule has 2 aliphatic rings. The Morgan fingerprint density at radius 3 is 2.13 bits per heavy atom. The molecule has 2 fully saturated rings. The summed E-state index contributed by atoms with van der Waals surface area (Å²) in [6, 6.07) is 17.3. The van der Waals surface area contributed by atoms with Crippen LogP contribution in [0.4, 0.5) is 37.7 Å². The number of rotatable bonds is 7. The van der Waals surface area contributed by atoms with Crippen molar-refractivity contribution in [2.45, 2.75) is 31.7 Å². The molecule has 0 radical (unpaired) electrons. The lowest BCUT2D eigenvalue weighted by atomic mass is 10.2. The minimum absolute atomic E-state index is 0.151. The Morgan fingerprint density at radius 1 is 0.844 bits per heavy atom. The Balaban J connectivity index is 1.35. The van der Waals surface area contributed by atoms with Crippen molar-refractivity contribution in [1.82, 2.24) is 14.4 Å². The van der Waals surface area contributed by atoms with Gasteiger partial charge in [0.25, 0.3) is 5.91 Å². The van der Waals surface area contributed by atoms with Crippen molar-refractivity contribution in [1.29, 1.82) is 0 Å². The summed E-state index contributed by atoms with van der Waals surface area (Å²) >= 11 is 6.32. The van der Waals surface area contributed by atoms with Crippen molar-refractivity contribution >= 4 is 34.9 Å². The Kier molecular flexibility index (Phi) is 9.54. The van der Waals surface area contributed by atoms with Crippen LogP contribution in [0.15, 0.2) is 66.9 Å². The quantitative estimate of drug-likeness (QED) is 0.250. The minimum atomic E-state index is -5.33. The number of esters is 1. The van der Waals surface area contributed by atoms with E-state index in [1.165, 1.54) is 12.3 Å². The fourth-order valence-electron chi connectivity index (χ4n) is 5.57. The molecule has 2 aromatic carbocycles. The number of alkyl halides is 6. The van der Waals surface area contributed by atoms with E-state index < -0.39 is 37.0 Å². The predicted octanol–water partition coefficient (Wildman–Crippen LogP) is 5.42. The Hall–Kier alpha value is -3.91. The van der Waals surface area contributed by atoms with Gasteiger partial charge in [-0.3, -0.25) is 14.6 Å². The van der Waals surface area contributed by atoms with Crippen LogP contribution in [0.1, 0.15) is 16.1 Å². The lowest BCUT2D eigenvalue weighted by Gasteiger charge is -2.41. The molecule has 1 unspecified atom stereocenters. The lowest BCUT2D eigenvalue weighted by Crippen LogP contribution is -2.58. The van der Waals surface area contributed by atoms with Crippen LogP contribution in [-0.4, -0.2) is 90.6 Å². The number of benzene rings is 2. The number of carbonyl (C=O) groups is 2. The average Bonchev–Trinajstić information content (AvgIpc) is 3.37. The molecule has 3 aromatic rings. The fourth-order valence-corrected chi connectivity index (χ4v) is 5.82. The smallest absolute Gasteiger partial charge is 0.433 e. The second kappa shape index (κ2) is 13.2. The number of ether oxygens (including phenoxy) is 1. The monoisotopic (exact) mass is 657 g/mol. The molecule has 2 saturated heterocycles. The number of amides is 1. The van der Waals surface area contributed by atoms with Crippen molar-refractivity contribution in [3.05, 3.63) is 83.1 Å². The number of hydrogen-bond donors (Lipinski definition) is 0. The summed E-state index contributed by atoms with van der Waals surface area (Å²) in [7, 11) is 0. The van der Waals surface area contributed by atoms with E-state index in [9.17, 15) is 35.9 Å². The van der Waals surface area contributed by atoms with Gasteiger partial charge in [0.2, 0.25) is 0 Å². The highest BCUT2D eigenvalue weighted by atomic mass is 35.5. The van der Waals surface area contributed by atoms with Gasteiger partial charge < -0.3 is 19.1 Å². The number of para-hydroxylation sites is 2. The first-order valence-corrected chi connectivity index (χ1v) is 14.5. The maximum atomic E-state index is 13.7. The van der Waals surface area contributed by atoms with Gasteiger partial charge in [-0.1, -0.05) is 41.9 Å². The van der Waals surface area contributed by atoms with E-state index >= 15 is 0 Å². The fraction of sp³-hybridized carbons (Fsp3) is 0.400. The van der Waals surface area contributed by atoms with Crippen LogP contribution in [0.25, 0.3) is 0 Å². The zero-order chi connectivity index (χ0) is 32.4. The van der Waals surface area contributed by atoms with Crippen molar-refractivity contribution in [3.8, 4) is 0 Å². The molecule has 242 valence electrons. The van der Waals surface area contributed by atoms with Crippen LogP contribution in [0.2, 0.25) is 5.02 Å². The van der Waals surface area contributed by atoms with Crippen LogP contribution in [0, 0.1) is 0 Å². The molecule has 5 rings (SSSR count). The molecule has 0 spiro atoms. The van der Waals surface area contributed by atoms with E-state index in [1.54, 1.807) is 41.3 Å². The van der Waals surface area contributed by atoms with Crippen molar-refractivity contribution in [3.63, 3.8) is 0 Å². The van der Waals surface area contributed by atoms with Gasteiger partial charge in [-0.05, 0) is 35.9 Å². The van der Waals surface area contributed by atoms with Gasteiger partial charge in [-0.15, -0.1) is 0 Å². The van der Waals surface area contributed by atoms with E-state index in [1.807, 2.05) is 23.1 Å². The first kappa shape index (κ1) is 32.5. The largest absolute Gasteiger partial charge is 0.491 e. The SMILES string of the molecule is O=C(c1cc(CN2CCN(c3ccccc3Cl)CC2)cn1CC(F)(F)F)N1CCN(c2ccccc2)CC1OC(=O)C(F)(F)F. The van der Waals surface area contributed by atoms with E-state index in [2.05, 4.69) is 4.90 Å². The second-order valence-electron chi connectivity index (χ2n) is 10.8. The molecular formula is C30H30ClF6N5O3. The number of anilines is 2. The highest BCUT2D eigenvalue weighted by Crippen LogP contribution is 2.29. The van der Waals surface area contributed by atoms with Crippen LogP contribution in [-0.2, 0) is 22.6 Å². The van der Waals surface area contributed by atoms with Gasteiger partial charge in [-0.2, -0.15) is 26.3 Å². The Labute approximate surface area is 260 Å². The van der Waals surface area contributed by atoms with E-state index in [-0.39, 0.29) is 31.9 Å². The Bertz CT molecular complexity index is 1490. The third kappa shape index (κ3) is 8.03. The molecule has 1 aromatic heterocycles. The van der Waals surface area contributed by atoms with Crippen molar-refractivity contribution in [2.75, 3.05) is 55.6 Å².